The molecule has 0 aliphatic heterocycles. The van der Waals surface area contributed by atoms with Crippen molar-refractivity contribution in [2.24, 2.45) is 0 Å². The Labute approximate surface area is 93.9 Å². The fraction of sp³-hybridized carbons (Fsp3) is 0.333. The Bertz CT molecular complexity index is 416. The number of ether oxygens (including phenoxy) is 1. The van der Waals surface area contributed by atoms with Gasteiger partial charge >= 0.3 is 5.97 Å². The van der Waals surface area contributed by atoms with Gasteiger partial charge in [0.05, 0.1) is 11.1 Å². The van der Waals surface area contributed by atoms with Gasteiger partial charge in [-0.2, -0.15) is 0 Å². The zero-order valence-corrected chi connectivity index (χ0v) is 9.48. The number of aromatic carboxylic acids is 1. The van der Waals surface area contributed by atoms with E-state index in [2.05, 4.69) is 0 Å². The fourth-order valence-electron chi connectivity index (χ4n) is 1.18. The molecule has 86 valence electrons. The Kier molecular flexibility index (Phi) is 3.32. The molecular weight excluding hydrogens is 208 g/mol. The smallest absolute Gasteiger partial charge is 0.335 e. The molecule has 0 radical (unpaired) electrons. The molecule has 0 unspecified atom stereocenters. The van der Waals surface area contributed by atoms with E-state index in [1.807, 2.05) is 20.8 Å². The lowest BCUT2D eigenvalue weighted by Crippen LogP contribution is -2.23. The molecule has 0 fully saturated rings. The van der Waals surface area contributed by atoms with E-state index >= 15 is 0 Å². The van der Waals surface area contributed by atoms with E-state index in [4.69, 9.17) is 9.84 Å². The van der Waals surface area contributed by atoms with Gasteiger partial charge < -0.3 is 9.84 Å². The maximum Gasteiger partial charge on any atom is 0.335 e. The average Bonchev–Trinajstić information content (AvgIpc) is 2.15. The summed E-state index contributed by atoms with van der Waals surface area (Å²) in [4.78, 5) is 21.5. The SMILES string of the molecule is CC(C)(C)Oc1cc(C(=O)O)ccc1C=O. The molecule has 4 nitrogen and oxygen atoms in total. The molecule has 0 saturated heterocycles. The first-order chi connectivity index (χ1) is 7.33. The van der Waals surface area contributed by atoms with Gasteiger partial charge in [-0.1, -0.05) is 0 Å². The second-order valence-corrected chi connectivity index (χ2v) is 4.39. The molecule has 0 spiro atoms. The lowest BCUT2D eigenvalue weighted by molar-refractivity contribution is 0.0694. The summed E-state index contributed by atoms with van der Waals surface area (Å²) in [5.41, 5.74) is -0.0284. The second kappa shape index (κ2) is 4.35. The zero-order chi connectivity index (χ0) is 12.3. The summed E-state index contributed by atoms with van der Waals surface area (Å²) < 4.78 is 5.52. The number of benzene rings is 1. The maximum atomic E-state index is 10.8. The maximum absolute atomic E-state index is 10.8. The molecule has 0 aromatic heterocycles. The van der Waals surface area contributed by atoms with Crippen LogP contribution in [0.15, 0.2) is 18.2 Å². The molecule has 0 bridgehead atoms. The number of carbonyl (C=O) groups excluding carboxylic acids is 1. The topological polar surface area (TPSA) is 63.6 Å². The fourth-order valence-corrected chi connectivity index (χ4v) is 1.18. The van der Waals surface area contributed by atoms with E-state index in [1.165, 1.54) is 18.2 Å². The van der Waals surface area contributed by atoms with Crippen molar-refractivity contribution in [1.29, 1.82) is 0 Å². The molecule has 1 aromatic carbocycles. The predicted octanol–water partition coefficient (Wildman–Crippen LogP) is 2.37. The molecule has 0 amide bonds. The summed E-state index contributed by atoms with van der Waals surface area (Å²) in [6.45, 7) is 5.49. The Morgan fingerprint density at radius 3 is 2.44 bits per heavy atom. The average molecular weight is 222 g/mol. The van der Waals surface area contributed by atoms with E-state index in [0.29, 0.717) is 17.6 Å². The molecule has 0 atom stereocenters. The second-order valence-electron chi connectivity index (χ2n) is 4.39. The van der Waals surface area contributed by atoms with Crippen molar-refractivity contribution in [3.8, 4) is 5.75 Å². The Balaban J connectivity index is 3.17. The number of carboxylic acids is 1. The van der Waals surface area contributed by atoms with E-state index in [9.17, 15) is 9.59 Å². The van der Waals surface area contributed by atoms with Crippen LogP contribution in [-0.2, 0) is 0 Å². The van der Waals surface area contributed by atoms with Gasteiger partial charge in [-0.3, -0.25) is 4.79 Å². The van der Waals surface area contributed by atoms with Crippen LogP contribution in [0.5, 0.6) is 5.75 Å². The van der Waals surface area contributed by atoms with Gasteiger partial charge in [0.1, 0.15) is 11.4 Å². The summed E-state index contributed by atoms with van der Waals surface area (Å²) >= 11 is 0. The van der Waals surface area contributed by atoms with Crippen molar-refractivity contribution < 1.29 is 19.4 Å². The molecule has 0 saturated carbocycles. The first-order valence-electron chi connectivity index (χ1n) is 4.85. The molecule has 4 heteroatoms. The number of carbonyl (C=O) groups is 2. The highest BCUT2D eigenvalue weighted by Crippen LogP contribution is 2.23. The monoisotopic (exact) mass is 222 g/mol. The van der Waals surface area contributed by atoms with Crippen molar-refractivity contribution >= 4 is 12.3 Å². The summed E-state index contributed by atoms with van der Waals surface area (Å²) in [6.07, 6.45) is 0.646. The van der Waals surface area contributed by atoms with E-state index in [0.717, 1.165) is 0 Å². The lowest BCUT2D eigenvalue weighted by Gasteiger charge is -2.22. The minimum Gasteiger partial charge on any atom is -0.487 e. The van der Waals surface area contributed by atoms with Gasteiger partial charge in [0.25, 0.3) is 0 Å². The highest BCUT2D eigenvalue weighted by atomic mass is 16.5. The van der Waals surface area contributed by atoms with Crippen molar-refractivity contribution in [1.82, 2.24) is 0 Å². The van der Waals surface area contributed by atoms with Crippen LogP contribution in [0.25, 0.3) is 0 Å². The third kappa shape index (κ3) is 3.08. The van der Waals surface area contributed by atoms with E-state index < -0.39 is 11.6 Å². The van der Waals surface area contributed by atoms with Crippen molar-refractivity contribution in [3.05, 3.63) is 29.3 Å². The third-order valence-electron chi connectivity index (χ3n) is 1.80. The van der Waals surface area contributed by atoms with Crippen LogP contribution < -0.4 is 4.74 Å². The van der Waals surface area contributed by atoms with Gasteiger partial charge in [-0.25, -0.2) is 4.79 Å². The van der Waals surface area contributed by atoms with Gasteiger partial charge in [-0.05, 0) is 39.0 Å². The molecular formula is C12H14O4. The first kappa shape index (κ1) is 12.2. The molecule has 1 rings (SSSR count). The number of hydrogen-bond acceptors (Lipinski definition) is 3. The van der Waals surface area contributed by atoms with Crippen LogP contribution in [0.2, 0.25) is 0 Å². The number of rotatable bonds is 3. The van der Waals surface area contributed by atoms with Crippen LogP contribution in [0.4, 0.5) is 0 Å². The Morgan fingerprint density at radius 1 is 1.38 bits per heavy atom. The number of hydrogen-bond donors (Lipinski definition) is 1. The first-order valence-corrected chi connectivity index (χ1v) is 4.85. The van der Waals surface area contributed by atoms with Crippen LogP contribution in [-0.4, -0.2) is 23.0 Å². The normalized spacial score (nSPS) is 10.9. The molecule has 0 heterocycles. The Hall–Kier alpha value is -1.84. The largest absolute Gasteiger partial charge is 0.487 e. The van der Waals surface area contributed by atoms with Gasteiger partial charge in [0.2, 0.25) is 0 Å². The lowest BCUT2D eigenvalue weighted by atomic mass is 10.1. The standard InChI is InChI=1S/C12H14O4/c1-12(2,3)16-10-6-8(11(14)15)4-5-9(10)7-13/h4-7H,1-3H3,(H,14,15). The summed E-state index contributed by atoms with van der Waals surface area (Å²) in [7, 11) is 0. The van der Waals surface area contributed by atoms with Crippen LogP contribution in [0, 0.1) is 0 Å². The summed E-state index contributed by atoms with van der Waals surface area (Å²) in [5.74, 6) is -0.751. The summed E-state index contributed by atoms with van der Waals surface area (Å²) in [6, 6.07) is 4.18. The molecule has 16 heavy (non-hydrogen) atoms. The van der Waals surface area contributed by atoms with Gasteiger partial charge in [0, 0.05) is 0 Å². The quantitative estimate of drug-likeness (QED) is 0.797. The molecule has 1 aromatic rings. The van der Waals surface area contributed by atoms with E-state index in [-0.39, 0.29) is 5.56 Å². The van der Waals surface area contributed by atoms with Crippen LogP contribution in [0.1, 0.15) is 41.5 Å². The minimum atomic E-state index is -1.05. The molecule has 0 aliphatic carbocycles. The van der Waals surface area contributed by atoms with Crippen LogP contribution in [0.3, 0.4) is 0 Å². The zero-order valence-electron chi connectivity index (χ0n) is 9.48. The van der Waals surface area contributed by atoms with Crippen molar-refractivity contribution in [3.63, 3.8) is 0 Å². The predicted molar refractivity (Wildman–Crippen MR) is 59.2 cm³/mol. The number of aldehydes is 1. The highest BCUT2D eigenvalue weighted by Gasteiger charge is 2.16. The molecule has 0 aliphatic rings. The van der Waals surface area contributed by atoms with Crippen molar-refractivity contribution in [2.45, 2.75) is 26.4 Å². The van der Waals surface area contributed by atoms with Gasteiger partial charge in [-0.15, -0.1) is 0 Å². The highest BCUT2D eigenvalue weighted by molar-refractivity contribution is 5.90. The minimum absolute atomic E-state index is 0.102. The van der Waals surface area contributed by atoms with Crippen LogP contribution >= 0.6 is 0 Å². The van der Waals surface area contributed by atoms with Crippen molar-refractivity contribution in [2.75, 3.05) is 0 Å². The number of carboxylic acid groups (broad SMARTS) is 1. The third-order valence-corrected chi connectivity index (χ3v) is 1.80. The Morgan fingerprint density at radius 2 is 2.00 bits per heavy atom. The molecule has 1 N–H and O–H groups in total. The van der Waals surface area contributed by atoms with Gasteiger partial charge in [0.15, 0.2) is 6.29 Å². The summed E-state index contributed by atoms with van der Waals surface area (Å²) in [5, 5.41) is 8.83. The van der Waals surface area contributed by atoms with E-state index in [1.54, 1.807) is 0 Å².